The van der Waals surface area contributed by atoms with Gasteiger partial charge in [-0.15, -0.1) is 0 Å². The topological polar surface area (TPSA) is 51.5 Å². The van der Waals surface area contributed by atoms with Crippen LogP contribution in [0.4, 0.5) is 4.79 Å². The Morgan fingerprint density at radius 1 is 1.56 bits per heavy atom. The van der Waals surface area contributed by atoms with Crippen molar-refractivity contribution >= 4 is 11.9 Å². The predicted octanol–water partition coefficient (Wildman–Crippen LogP) is -0.0504. The number of hydrogen-bond acceptors (Lipinski definition) is 2. The Labute approximate surface area is 68.1 Å². The van der Waals surface area contributed by atoms with Gasteiger partial charge in [-0.2, -0.15) is 0 Å². The van der Waals surface area contributed by atoms with Crippen LogP contribution in [-0.2, 0) is 27.2 Å². The van der Waals surface area contributed by atoms with Gasteiger partial charge in [-0.25, -0.2) is 0 Å². The number of nitrogens with zero attached hydrogens (tertiary/aromatic N) is 2. The van der Waals surface area contributed by atoms with Gasteiger partial charge < -0.3 is 10.2 Å². The summed E-state index contributed by atoms with van der Waals surface area (Å²) >= 11 is 0. The number of likely N-dealkylation sites (N-methyl/N-ethyl adjacent to an activating group) is 1. The van der Waals surface area contributed by atoms with Crippen LogP contribution in [0, 0.1) is 0 Å². The van der Waals surface area contributed by atoms with Gasteiger partial charge in [0.15, 0.2) is 6.03 Å². The second-order valence-corrected chi connectivity index (χ2v) is 1.64. The molecule has 0 bridgehead atoms. The minimum Gasteiger partial charge on any atom is -0.432 e. The molecule has 54 valence electrons. The minimum absolute atomic E-state index is 0. The number of urea groups is 1. The number of carbonyl (C=O) groups is 2. The van der Waals surface area contributed by atoms with Crippen molar-refractivity contribution in [2.24, 2.45) is 0 Å². The molecule has 5 heteroatoms. The minimum atomic E-state index is -0.435. The van der Waals surface area contributed by atoms with Crippen molar-refractivity contribution in [1.29, 1.82) is 0 Å². The molecule has 0 aromatic heterocycles. The summed E-state index contributed by atoms with van der Waals surface area (Å²) in [5.41, 5.74) is 0. The molecule has 0 atom stereocenters. The van der Waals surface area contributed by atoms with Crippen molar-refractivity contribution in [2.75, 3.05) is 13.6 Å². The third-order valence-corrected chi connectivity index (χ3v) is 0.919. The second kappa shape index (κ2) is 3.00. The third-order valence-electron chi connectivity index (χ3n) is 0.919. The van der Waals surface area contributed by atoms with Gasteiger partial charge in [0.2, 0.25) is 0 Å². The van der Waals surface area contributed by atoms with Crippen molar-refractivity contribution < 1.29 is 32.0 Å². The zero-order valence-electron chi connectivity index (χ0n) is 4.72. The zero-order valence-corrected chi connectivity index (χ0v) is 6.89. The largest absolute Gasteiger partial charge is 1.00 e. The first-order valence-corrected chi connectivity index (χ1v) is 2.20. The maximum atomic E-state index is 10.3. The van der Waals surface area contributed by atoms with Gasteiger partial charge in [0.1, 0.15) is 5.91 Å². The second-order valence-electron chi connectivity index (χ2n) is 1.64. The molecule has 0 N–H and O–H groups in total. The fourth-order valence-corrected chi connectivity index (χ4v) is 0.498. The summed E-state index contributed by atoms with van der Waals surface area (Å²) in [5, 5.41) is 3.12. The molecule has 1 heterocycles. The smallest absolute Gasteiger partial charge is 0.432 e. The number of imide groups is 1. The molecule has 0 spiro atoms. The molecule has 1 fully saturated rings. The Hall–Kier alpha value is -0.320. The van der Waals surface area contributed by atoms with E-state index in [1.807, 2.05) is 0 Å². The molecule has 1 aliphatic heterocycles. The SMILES string of the molecule is CN1CC(=O)[N-]C1=O.[Au+]. The summed E-state index contributed by atoms with van der Waals surface area (Å²) in [6.07, 6.45) is 0. The van der Waals surface area contributed by atoms with Crippen molar-refractivity contribution in [1.82, 2.24) is 4.90 Å². The molecule has 9 heavy (non-hydrogen) atoms. The van der Waals surface area contributed by atoms with E-state index in [4.69, 9.17) is 0 Å². The van der Waals surface area contributed by atoms with Crippen LogP contribution >= 0.6 is 0 Å². The van der Waals surface area contributed by atoms with Crippen LogP contribution in [-0.4, -0.2) is 30.4 Å². The van der Waals surface area contributed by atoms with Crippen molar-refractivity contribution in [3.8, 4) is 0 Å². The average molecular weight is 310 g/mol. The molecule has 0 saturated carbocycles. The van der Waals surface area contributed by atoms with Gasteiger partial charge in [0.25, 0.3) is 0 Å². The summed E-state index contributed by atoms with van der Waals surface area (Å²) in [4.78, 5) is 21.8. The molecule has 0 aliphatic carbocycles. The zero-order chi connectivity index (χ0) is 6.15. The van der Waals surface area contributed by atoms with E-state index in [2.05, 4.69) is 5.32 Å². The van der Waals surface area contributed by atoms with E-state index >= 15 is 0 Å². The molecular formula is C4H5AuN2O2. The monoisotopic (exact) mass is 310 g/mol. The summed E-state index contributed by atoms with van der Waals surface area (Å²) in [6, 6.07) is -0.435. The predicted molar refractivity (Wildman–Crippen MR) is 26.4 cm³/mol. The Morgan fingerprint density at radius 2 is 2.11 bits per heavy atom. The summed E-state index contributed by atoms with van der Waals surface area (Å²) < 4.78 is 0. The first-order chi connectivity index (χ1) is 3.70. The fourth-order valence-electron chi connectivity index (χ4n) is 0.498. The normalized spacial score (nSPS) is 17.2. The van der Waals surface area contributed by atoms with Crippen molar-refractivity contribution in [3.05, 3.63) is 5.32 Å². The molecule has 1 rings (SSSR count). The Morgan fingerprint density at radius 3 is 2.22 bits per heavy atom. The van der Waals surface area contributed by atoms with Crippen LogP contribution in [0.3, 0.4) is 0 Å². The van der Waals surface area contributed by atoms with E-state index in [1.165, 1.54) is 11.9 Å². The molecule has 3 amide bonds. The van der Waals surface area contributed by atoms with E-state index in [1.54, 1.807) is 0 Å². The Balaban J connectivity index is 0.000000640. The van der Waals surface area contributed by atoms with Gasteiger partial charge >= 0.3 is 22.4 Å². The number of carbonyl (C=O) groups excluding carboxylic acids is 2. The van der Waals surface area contributed by atoms with Crippen LogP contribution in [0.15, 0.2) is 0 Å². The number of rotatable bonds is 0. The first-order valence-electron chi connectivity index (χ1n) is 2.20. The van der Waals surface area contributed by atoms with Gasteiger partial charge in [-0.05, 0) is 0 Å². The van der Waals surface area contributed by atoms with E-state index in [0.29, 0.717) is 0 Å². The maximum absolute atomic E-state index is 10.3. The van der Waals surface area contributed by atoms with Gasteiger partial charge in [0, 0.05) is 6.54 Å². The van der Waals surface area contributed by atoms with E-state index in [-0.39, 0.29) is 34.8 Å². The standard InChI is InChI=1S/C4H6N2O2.Au/c1-6-2-3(7)5-4(6)8;/h2H2,1H3,(H,5,7,8);/q;+1/p-1. The molecule has 4 nitrogen and oxygen atoms in total. The fraction of sp³-hybridized carbons (Fsp3) is 0.500. The molecule has 0 aromatic carbocycles. The molecular weight excluding hydrogens is 305 g/mol. The van der Waals surface area contributed by atoms with Gasteiger partial charge in [0.05, 0.1) is 0 Å². The summed E-state index contributed by atoms with van der Waals surface area (Å²) in [5.74, 6) is -0.350. The van der Waals surface area contributed by atoms with E-state index in [9.17, 15) is 9.59 Å². The first kappa shape index (κ1) is 8.68. The number of hydrogen-bond donors (Lipinski definition) is 0. The third kappa shape index (κ3) is 1.82. The average Bonchev–Trinajstić information content (AvgIpc) is 1.85. The summed E-state index contributed by atoms with van der Waals surface area (Å²) in [7, 11) is 1.54. The number of amides is 3. The van der Waals surface area contributed by atoms with Gasteiger partial charge in [-0.3, -0.25) is 9.59 Å². The van der Waals surface area contributed by atoms with E-state index in [0.717, 1.165) is 0 Å². The van der Waals surface area contributed by atoms with Crippen LogP contribution in [0.25, 0.3) is 5.32 Å². The molecule has 0 aromatic rings. The van der Waals surface area contributed by atoms with Crippen LogP contribution in [0.2, 0.25) is 0 Å². The van der Waals surface area contributed by atoms with Crippen molar-refractivity contribution in [3.63, 3.8) is 0 Å². The molecule has 0 unspecified atom stereocenters. The molecule has 1 aliphatic rings. The van der Waals surface area contributed by atoms with Crippen LogP contribution in [0.5, 0.6) is 0 Å². The van der Waals surface area contributed by atoms with Crippen LogP contribution in [0.1, 0.15) is 0 Å². The quantitative estimate of drug-likeness (QED) is 0.465. The van der Waals surface area contributed by atoms with Crippen molar-refractivity contribution in [2.45, 2.75) is 0 Å². The Kier molecular flexibility index (Phi) is 2.90. The Bertz CT molecular complexity index is 148. The van der Waals surface area contributed by atoms with Gasteiger partial charge in [-0.1, -0.05) is 7.05 Å². The molecule has 1 saturated heterocycles. The summed E-state index contributed by atoms with van der Waals surface area (Å²) in [6.45, 7) is 0.138. The molecule has 0 radical (unpaired) electrons. The van der Waals surface area contributed by atoms with E-state index < -0.39 is 6.03 Å². The maximum Gasteiger partial charge on any atom is 1.00 e. The van der Waals surface area contributed by atoms with Crippen LogP contribution < -0.4 is 0 Å².